The van der Waals surface area contributed by atoms with Crippen molar-refractivity contribution in [2.45, 2.75) is 5.41 Å². The molecule has 0 saturated heterocycles. The maximum absolute atomic E-state index is 5.45. The molecule has 0 radical (unpaired) electrons. The Bertz CT molecular complexity index is 4780. The number of aromatic nitrogens is 8. The number of fused-ring (bicyclic) bond motifs is 22. The molecule has 8 aromatic heterocycles. The van der Waals surface area contributed by atoms with E-state index in [-0.39, 0.29) is 0 Å². The lowest BCUT2D eigenvalue weighted by Crippen LogP contribution is -2.26. The topological polar surface area (TPSA) is 103 Å². The van der Waals surface area contributed by atoms with Gasteiger partial charge in [0.2, 0.25) is 0 Å². The average Bonchev–Trinajstić information content (AvgIpc) is 2.07. The lowest BCUT2D eigenvalue weighted by Gasteiger charge is -2.31. The molecule has 8 aromatic carbocycles. The van der Waals surface area contributed by atoms with Gasteiger partial charge in [0.25, 0.3) is 0 Å². The number of hydrogen-bond donors (Lipinski definition) is 0. The molecule has 372 valence electrons. The van der Waals surface area contributed by atoms with Crippen LogP contribution in [0.1, 0.15) is 22.3 Å². The highest BCUT2D eigenvalue weighted by Crippen LogP contribution is 2.64. The van der Waals surface area contributed by atoms with Gasteiger partial charge in [-0.25, -0.2) is 19.9 Å². The molecule has 0 atom stereocenters. The third kappa shape index (κ3) is 6.35. The van der Waals surface area contributed by atoms with Gasteiger partial charge in [-0.1, -0.05) is 146 Å². The Morgan fingerprint density at radius 3 is 0.679 bits per heavy atom. The number of nitrogens with zero attached hydrogens (tertiary/aromatic N) is 8. The molecule has 2 aliphatic carbocycles. The van der Waals surface area contributed by atoms with Crippen molar-refractivity contribution in [3.63, 3.8) is 0 Å². The molecular formula is C73H40N8. The van der Waals surface area contributed by atoms with Gasteiger partial charge in [0.05, 0.1) is 72.3 Å². The van der Waals surface area contributed by atoms with Gasteiger partial charge >= 0.3 is 0 Å². The van der Waals surface area contributed by atoms with Crippen molar-refractivity contribution in [1.29, 1.82) is 0 Å². The predicted octanol–water partition coefficient (Wildman–Crippen LogP) is 17.1. The average molecular weight is 1030 g/mol. The SMILES string of the molecule is c1cnc2c(c1)ccc1ccc(-c3ccc4c(c3)C3(c5cc(-c6ccc7ccc8cccnc8c7n6)ccc5-4)c4cc(-c5ccc6ccc7cccnc7c6n5)ccc4-c4ccc(-c5ccc6ccc7cccnc7c6n5)cc43)nc12. The Labute approximate surface area is 462 Å². The molecule has 2 aliphatic rings. The molecule has 0 saturated carbocycles. The molecule has 0 amide bonds. The van der Waals surface area contributed by atoms with Crippen LogP contribution in [-0.4, -0.2) is 39.9 Å². The largest absolute Gasteiger partial charge is 0.254 e. The fraction of sp³-hybridized carbons (Fsp3) is 0.0137. The summed E-state index contributed by atoms with van der Waals surface area (Å²) >= 11 is 0. The van der Waals surface area contributed by atoms with E-state index in [1.54, 1.807) is 0 Å². The molecule has 1 spiro atoms. The van der Waals surface area contributed by atoms with Crippen LogP contribution in [0.5, 0.6) is 0 Å². The summed E-state index contributed by atoms with van der Waals surface area (Å²) in [5.41, 5.74) is 23.1. The zero-order valence-corrected chi connectivity index (χ0v) is 43.2. The number of hydrogen-bond acceptors (Lipinski definition) is 8. The summed E-state index contributed by atoms with van der Waals surface area (Å²) in [5.74, 6) is 0. The lowest BCUT2D eigenvalue weighted by molar-refractivity contribution is 0.794. The van der Waals surface area contributed by atoms with Crippen LogP contribution >= 0.6 is 0 Å². The molecule has 8 nitrogen and oxygen atoms in total. The first-order valence-corrected chi connectivity index (χ1v) is 27.3. The summed E-state index contributed by atoms with van der Waals surface area (Å²) < 4.78 is 0. The molecule has 81 heavy (non-hydrogen) atoms. The second-order valence-corrected chi connectivity index (χ2v) is 21.4. The monoisotopic (exact) mass is 1030 g/mol. The van der Waals surface area contributed by atoms with Crippen LogP contribution < -0.4 is 0 Å². The van der Waals surface area contributed by atoms with E-state index in [1.165, 1.54) is 22.3 Å². The van der Waals surface area contributed by atoms with Crippen molar-refractivity contribution >= 4 is 87.2 Å². The molecule has 8 heteroatoms. The Morgan fingerprint density at radius 2 is 0.432 bits per heavy atom. The van der Waals surface area contributed by atoms with E-state index in [2.05, 4.69) is 194 Å². The molecule has 8 heterocycles. The van der Waals surface area contributed by atoms with Gasteiger partial charge in [0, 0.05) is 90.1 Å². The Balaban J connectivity index is 0.924. The van der Waals surface area contributed by atoms with Gasteiger partial charge in [-0.15, -0.1) is 0 Å². The molecule has 18 rings (SSSR count). The van der Waals surface area contributed by atoms with Crippen molar-refractivity contribution in [3.8, 4) is 67.3 Å². The van der Waals surface area contributed by atoms with E-state index in [0.717, 1.165) is 155 Å². The van der Waals surface area contributed by atoms with Gasteiger partial charge in [-0.2, -0.15) is 0 Å². The van der Waals surface area contributed by atoms with Crippen LogP contribution in [0.4, 0.5) is 0 Å². The molecule has 16 aromatic rings. The molecule has 0 unspecified atom stereocenters. The minimum Gasteiger partial charge on any atom is -0.254 e. The van der Waals surface area contributed by atoms with Gasteiger partial charge in [0.15, 0.2) is 0 Å². The maximum atomic E-state index is 5.45. The van der Waals surface area contributed by atoms with E-state index >= 15 is 0 Å². The summed E-state index contributed by atoms with van der Waals surface area (Å²) in [6.45, 7) is 0. The minimum atomic E-state index is -0.847. The van der Waals surface area contributed by atoms with E-state index in [9.17, 15) is 0 Å². The normalized spacial score (nSPS) is 13.0. The van der Waals surface area contributed by atoms with Gasteiger partial charge in [0.1, 0.15) is 0 Å². The van der Waals surface area contributed by atoms with Crippen molar-refractivity contribution in [2.24, 2.45) is 0 Å². The molecule has 0 aliphatic heterocycles. The van der Waals surface area contributed by atoms with Gasteiger partial charge in [-0.3, -0.25) is 19.9 Å². The Hall–Kier alpha value is -11.0. The fourth-order valence-corrected chi connectivity index (χ4v) is 13.4. The Morgan fingerprint density at radius 1 is 0.210 bits per heavy atom. The summed E-state index contributed by atoms with van der Waals surface area (Å²) in [7, 11) is 0. The van der Waals surface area contributed by atoms with Crippen LogP contribution in [0.2, 0.25) is 0 Å². The molecule has 0 bridgehead atoms. The van der Waals surface area contributed by atoms with Crippen molar-refractivity contribution in [2.75, 3.05) is 0 Å². The summed E-state index contributed by atoms with van der Waals surface area (Å²) in [6, 6.07) is 78.5. The van der Waals surface area contributed by atoms with Crippen molar-refractivity contribution in [1.82, 2.24) is 39.9 Å². The second kappa shape index (κ2) is 16.5. The maximum Gasteiger partial charge on any atom is 0.0972 e. The van der Waals surface area contributed by atoms with E-state index in [0.29, 0.717) is 0 Å². The number of rotatable bonds is 4. The molecular weight excluding hydrogens is 989 g/mol. The minimum absolute atomic E-state index is 0.847. The van der Waals surface area contributed by atoms with Crippen molar-refractivity contribution < 1.29 is 0 Å². The standard InChI is InChI=1S/C73H40N8/c1-5-41-9-13-45-21-29-61(78-69(45)65(41)74-33-1)49-17-25-53-54-26-18-50(62-30-22-46-14-10-42-6-2-34-75-66(42)70(46)79-62)38-58(54)73(57(53)37-49)59-39-51(63-31-23-47-15-11-43-7-3-35-76-67(43)71(47)80-63)19-27-55(59)56-28-20-52(40-60(56)73)64-32-24-48-16-12-44-8-4-36-77-68(44)72(48)81-64/h1-40H. The van der Waals surface area contributed by atoms with Gasteiger partial charge in [-0.05, 0) is 117 Å². The number of pyridine rings is 8. The van der Waals surface area contributed by atoms with Crippen molar-refractivity contribution in [3.05, 3.63) is 265 Å². The Kier molecular flexibility index (Phi) is 8.99. The highest BCUT2D eigenvalue weighted by Gasteiger charge is 2.52. The smallest absolute Gasteiger partial charge is 0.0972 e. The van der Waals surface area contributed by atoms with Gasteiger partial charge < -0.3 is 0 Å². The number of benzene rings is 8. The highest BCUT2D eigenvalue weighted by molar-refractivity contribution is 6.07. The summed E-state index contributed by atoms with van der Waals surface area (Å²) in [4.78, 5) is 41.2. The molecule has 0 N–H and O–H groups in total. The fourth-order valence-electron chi connectivity index (χ4n) is 13.4. The molecule has 0 fully saturated rings. The van der Waals surface area contributed by atoms with Crippen LogP contribution in [0.3, 0.4) is 0 Å². The van der Waals surface area contributed by atoms with Crippen LogP contribution in [-0.2, 0) is 5.41 Å². The first kappa shape index (κ1) is 44.1. The lowest BCUT2D eigenvalue weighted by atomic mass is 9.69. The second-order valence-electron chi connectivity index (χ2n) is 21.4. The zero-order valence-electron chi connectivity index (χ0n) is 43.2. The predicted molar refractivity (Wildman–Crippen MR) is 327 cm³/mol. The quantitative estimate of drug-likeness (QED) is 0.161. The van der Waals surface area contributed by atoms with E-state index < -0.39 is 5.41 Å². The third-order valence-electron chi connectivity index (χ3n) is 17.2. The first-order valence-electron chi connectivity index (χ1n) is 27.3. The van der Waals surface area contributed by atoms with Crippen LogP contribution in [0, 0.1) is 0 Å². The van der Waals surface area contributed by atoms with Crippen LogP contribution in [0.15, 0.2) is 243 Å². The van der Waals surface area contributed by atoms with E-state index in [4.69, 9.17) is 39.9 Å². The zero-order chi connectivity index (χ0) is 52.9. The van der Waals surface area contributed by atoms with E-state index in [1.807, 2.05) is 49.1 Å². The highest BCUT2D eigenvalue weighted by atomic mass is 14.8. The third-order valence-corrected chi connectivity index (χ3v) is 17.2. The summed E-state index contributed by atoms with van der Waals surface area (Å²) in [5, 5.41) is 8.41. The summed E-state index contributed by atoms with van der Waals surface area (Å²) in [6.07, 6.45) is 7.40. The first-order chi connectivity index (χ1) is 40.1. The van der Waals surface area contributed by atoms with Crippen LogP contribution in [0.25, 0.3) is 155 Å².